The molecule has 2 rings (SSSR count). The van der Waals surface area contributed by atoms with Crippen molar-refractivity contribution in [1.82, 2.24) is 10.6 Å². The van der Waals surface area contributed by atoms with Gasteiger partial charge in [-0.3, -0.25) is 4.79 Å². The van der Waals surface area contributed by atoms with Crippen molar-refractivity contribution in [3.63, 3.8) is 0 Å². The summed E-state index contributed by atoms with van der Waals surface area (Å²) < 4.78 is 0. The van der Waals surface area contributed by atoms with Crippen molar-refractivity contribution in [1.29, 1.82) is 0 Å². The van der Waals surface area contributed by atoms with Gasteiger partial charge in [0.05, 0.1) is 11.5 Å². The number of piperidine rings is 1. The fraction of sp³-hybridized carbons (Fsp3) is 0.467. The van der Waals surface area contributed by atoms with Crippen molar-refractivity contribution in [2.24, 2.45) is 5.92 Å². The van der Waals surface area contributed by atoms with Gasteiger partial charge < -0.3 is 15.7 Å². The summed E-state index contributed by atoms with van der Waals surface area (Å²) in [6.45, 7) is 2.35. The zero-order chi connectivity index (χ0) is 14.4. The van der Waals surface area contributed by atoms with Crippen molar-refractivity contribution in [2.45, 2.75) is 19.3 Å². The van der Waals surface area contributed by atoms with E-state index in [0.717, 1.165) is 31.5 Å². The standard InChI is InChI=1S/C15H20N2O3/c18-14(13-2-1-8-16-10-13)17-9-7-11-3-5-12(6-4-11)15(19)20/h3-6,13,16H,1-2,7-10H2,(H,17,18)(H,19,20)/t13-/m0/s1. The van der Waals surface area contributed by atoms with E-state index in [-0.39, 0.29) is 17.4 Å². The molecule has 20 heavy (non-hydrogen) atoms. The number of nitrogens with one attached hydrogen (secondary N) is 2. The number of carbonyl (C=O) groups excluding carboxylic acids is 1. The fourth-order valence-corrected chi connectivity index (χ4v) is 2.36. The lowest BCUT2D eigenvalue weighted by molar-refractivity contribution is -0.125. The fourth-order valence-electron chi connectivity index (χ4n) is 2.36. The maximum absolute atomic E-state index is 11.9. The van der Waals surface area contributed by atoms with Gasteiger partial charge in [-0.05, 0) is 43.5 Å². The minimum atomic E-state index is -0.922. The maximum atomic E-state index is 11.9. The molecule has 5 nitrogen and oxygen atoms in total. The van der Waals surface area contributed by atoms with Crippen molar-refractivity contribution in [3.05, 3.63) is 35.4 Å². The average molecular weight is 276 g/mol. The van der Waals surface area contributed by atoms with Crippen LogP contribution in [0.25, 0.3) is 0 Å². The Bertz CT molecular complexity index is 465. The first kappa shape index (κ1) is 14.5. The Kier molecular flexibility index (Phi) is 5.12. The molecule has 1 aliphatic heterocycles. The first-order valence-corrected chi connectivity index (χ1v) is 6.97. The minimum absolute atomic E-state index is 0.0816. The van der Waals surface area contributed by atoms with E-state index in [0.29, 0.717) is 13.0 Å². The van der Waals surface area contributed by atoms with Crippen molar-refractivity contribution >= 4 is 11.9 Å². The largest absolute Gasteiger partial charge is 0.478 e. The second-order valence-electron chi connectivity index (χ2n) is 5.09. The number of benzene rings is 1. The van der Waals surface area contributed by atoms with Crippen LogP contribution in [0.5, 0.6) is 0 Å². The van der Waals surface area contributed by atoms with Gasteiger partial charge in [-0.25, -0.2) is 4.79 Å². The van der Waals surface area contributed by atoms with Crippen LogP contribution in [-0.2, 0) is 11.2 Å². The van der Waals surface area contributed by atoms with Crippen LogP contribution in [0.4, 0.5) is 0 Å². The van der Waals surface area contributed by atoms with Gasteiger partial charge in [0.1, 0.15) is 0 Å². The van der Waals surface area contributed by atoms with Crippen LogP contribution in [0.15, 0.2) is 24.3 Å². The molecular weight excluding hydrogens is 256 g/mol. The number of rotatable bonds is 5. The summed E-state index contributed by atoms with van der Waals surface area (Å²) in [5, 5.41) is 15.0. The highest BCUT2D eigenvalue weighted by Crippen LogP contribution is 2.10. The molecule has 1 aromatic rings. The molecule has 1 saturated heterocycles. The highest BCUT2D eigenvalue weighted by molar-refractivity contribution is 5.87. The number of carboxylic acid groups (broad SMARTS) is 1. The van der Waals surface area contributed by atoms with E-state index in [2.05, 4.69) is 10.6 Å². The minimum Gasteiger partial charge on any atom is -0.478 e. The topological polar surface area (TPSA) is 78.4 Å². The predicted octanol–water partition coefficient (Wildman–Crippen LogP) is 1.04. The molecule has 1 aliphatic rings. The van der Waals surface area contributed by atoms with Crippen LogP contribution in [0.3, 0.4) is 0 Å². The maximum Gasteiger partial charge on any atom is 0.335 e. The molecule has 108 valence electrons. The molecular formula is C15H20N2O3. The number of hydrogen-bond acceptors (Lipinski definition) is 3. The van der Waals surface area contributed by atoms with E-state index < -0.39 is 5.97 Å². The van der Waals surface area contributed by atoms with Crippen LogP contribution in [0.2, 0.25) is 0 Å². The molecule has 0 spiro atoms. The second kappa shape index (κ2) is 7.05. The van der Waals surface area contributed by atoms with Gasteiger partial charge in [-0.15, -0.1) is 0 Å². The normalized spacial score (nSPS) is 18.5. The van der Waals surface area contributed by atoms with Gasteiger partial charge in [0, 0.05) is 13.1 Å². The third-order valence-corrected chi connectivity index (χ3v) is 3.58. The molecule has 0 bridgehead atoms. The number of aromatic carboxylic acids is 1. The lowest BCUT2D eigenvalue weighted by atomic mass is 9.99. The summed E-state index contributed by atoms with van der Waals surface area (Å²) in [6.07, 6.45) is 2.71. The first-order valence-electron chi connectivity index (χ1n) is 6.97. The summed E-state index contributed by atoms with van der Waals surface area (Å²) in [5.74, 6) is -0.729. The number of carboxylic acids is 1. The number of hydrogen-bond donors (Lipinski definition) is 3. The molecule has 0 radical (unpaired) electrons. The first-order chi connectivity index (χ1) is 9.66. The van der Waals surface area contributed by atoms with Gasteiger partial charge >= 0.3 is 5.97 Å². The second-order valence-corrected chi connectivity index (χ2v) is 5.09. The Morgan fingerprint density at radius 2 is 2.05 bits per heavy atom. The van der Waals surface area contributed by atoms with E-state index >= 15 is 0 Å². The summed E-state index contributed by atoms with van der Waals surface area (Å²) in [6, 6.07) is 6.75. The van der Waals surface area contributed by atoms with E-state index in [4.69, 9.17) is 5.11 Å². The molecule has 1 heterocycles. The Hall–Kier alpha value is -1.88. The number of amides is 1. The molecule has 3 N–H and O–H groups in total. The molecule has 1 atom stereocenters. The Morgan fingerprint density at radius 1 is 1.30 bits per heavy atom. The van der Waals surface area contributed by atoms with Crippen molar-refractivity contribution in [3.8, 4) is 0 Å². The van der Waals surface area contributed by atoms with E-state index in [1.807, 2.05) is 0 Å². The zero-order valence-electron chi connectivity index (χ0n) is 11.4. The summed E-state index contributed by atoms with van der Waals surface area (Å²) in [4.78, 5) is 22.6. The molecule has 5 heteroatoms. The van der Waals surface area contributed by atoms with Gasteiger partial charge in [0.15, 0.2) is 0 Å². The lowest BCUT2D eigenvalue weighted by Gasteiger charge is -2.21. The third kappa shape index (κ3) is 4.06. The monoisotopic (exact) mass is 276 g/mol. The molecule has 0 unspecified atom stereocenters. The predicted molar refractivity (Wildman–Crippen MR) is 75.7 cm³/mol. The van der Waals surface area contributed by atoms with E-state index in [1.54, 1.807) is 24.3 Å². The summed E-state index contributed by atoms with van der Waals surface area (Å²) in [7, 11) is 0. The highest BCUT2D eigenvalue weighted by atomic mass is 16.4. The van der Waals surface area contributed by atoms with E-state index in [1.165, 1.54) is 0 Å². The third-order valence-electron chi connectivity index (χ3n) is 3.58. The Balaban J connectivity index is 1.74. The summed E-state index contributed by atoms with van der Waals surface area (Å²) >= 11 is 0. The Labute approximate surface area is 118 Å². The molecule has 0 aromatic heterocycles. The van der Waals surface area contributed by atoms with Crippen molar-refractivity contribution in [2.75, 3.05) is 19.6 Å². The van der Waals surface area contributed by atoms with Gasteiger partial charge in [-0.2, -0.15) is 0 Å². The van der Waals surface area contributed by atoms with Crippen LogP contribution in [0, 0.1) is 5.92 Å². The summed E-state index contributed by atoms with van der Waals surface area (Å²) in [5.41, 5.74) is 1.31. The van der Waals surface area contributed by atoms with Crippen LogP contribution in [0.1, 0.15) is 28.8 Å². The molecule has 1 amide bonds. The van der Waals surface area contributed by atoms with Crippen LogP contribution >= 0.6 is 0 Å². The van der Waals surface area contributed by atoms with Crippen LogP contribution in [-0.4, -0.2) is 36.6 Å². The highest BCUT2D eigenvalue weighted by Gasteiger charge is 2.20. The molecule has 1 fully saturated rings. The molecule has 0 saturated carbocycles. The number of carbonyl (C=O) groups is 2. The molecule has 1 aromatic carbocycles. The quantitative estimate of drug-likeness (QED) is 0.751. The zero-order valence-corrected chi connectivity index (χ0v) is 11.4. The van der Waals surface area contributed by atoms with Crippen molar-refractivity contribution < 1.29 is 14.7 Å². The Morgan fingerprint density at radius 3 is 2.65 bits per heavy atom. The SMILES string of the molecule is O=C(O)c1ccc(CCNC(=O)[C@H]2CCCNC2)cc1. The van der Waals surface area contributed by atoms with Gasteiger partial charge in [0.2, 0.25) is 5.91 Å². The van der Waals surface area contributed by atoms with Gasteiger partial charge in [-0.1, -0.05) is 12.1 Å². The smallest absolute Gasteiger partial charge is 0.335 e. The van der Waals surface area contributed by atoms with E-state index in [9.17, 15) is 9.59 Å². The molecule has 0 aliphatic carbocycles. The lowest BCUT2D eigenvalue weighted by Crippen LogP contribution is -2.41. The van der Waals surface area contributed by atoms with Gasteiger partial charge in [0.25, 0.3) is 0 Å². The van der Waals surface area contributed by atoms with Crippen LogP contribution < -0.4 is 10.6 Å². The average Bonchev–Trinajstić information content (AvgIpc) is 2.48.